The summed E-state index contributed by atoms with van der Waals surface area (Å²) in [6.45, 7) is 5.77. The molecule has 0 amide bonds. The summed E-state index contributed by atoms with van der Waals surface area (Å²) in [6.07, 6.45) is 3.18. The average Bonchev–Trinajstić information content (AvgIpc) is 3.32. The molecule has 0 unspecified atom stereocenters. The molecule has 0 saturated heterocycles. The standard InChI is InChI=1S/C18H17ClN8/c1-12-9-13(2)26(23-12)18-22-20-11-25(18)21-10-16-14(3)24-27(17(16)19)15-7-5-4-6-8-15/h4-11H,1-3H3/b21-10-. The highest BCUT2D eigenvalue weighted by molar-refractivity contribution is 6.32. The van der Waals surface area contributed by atoms with Crippen LogP contribution in [0.4, 0.5) is 0 Å². The van der Waals surface area contributed by atoms with Crippen molar-refractivity contribution in [2.24, 2.45) is 5.10 Å². The van der Waals surface area contributed by atoms with Gasteiger partial charge in [-0.25, -0.2) is 9.36 Å². The highest BCUT2D eigenvalue weighted by atomic mass is 35.5. The fraction of sp³-hybridized carbons (Fsp3) is 0.167. The van der Waals surface area contributed by atoms with Crippen molar-refractivity contribution in [1.29, 1.82) is 0 Å². The Labute approximate surface area is 160 Å². The minimum Gasteiger partial charge on any atom is -0.221 e. The van der Waals surface area contributed by atoms with Crippen molar-refractivity contribution >= 4 is 17.8 Å². The maximum Gasteiger partial charge on any atom is 0.273 e. The second kappa shape index (κ2) is 6.81. The highest BCUT2D eigenvalue weighted by Crippen LogP contribution is 2.22. The topological polar surface area (TPSA) is 78.7 Å². The molecule has 0 radical (unpaired) electrons. The Morgan fingerprint density at radius 3 is 2.52 bits per heavy atom. The zero-order chi connectivity index (χ0) is 19.0. The van der Waals surface area contributed by atoms with Crippen LogP contribution in [0.1, 0.15) is 22.6 Å². The Hall–Kier alpha value is -3.26. The van der Waals surface area contributed by atoms with Gasteiger partial charge in [0.2, 0.25) is 0 Å². The molecule has 8 nitrogen and oxygen atoms in total. The molecule has 136 valence electrons. The van der Waals surface area contributed by atoms with Crippen LogP contribution in [-0.4, -0.2) is 40.6 Å². The van der Waals surface area contributed by atoms with Gasteiger partial charge < -0.3 is 0 Å². The van der Waals surface area contributed by atoms with Gasteiger partial charge in [0.1, 0.15) is 11.5 Å². The van der Waals surface area contributed by atoms with Crippen LogP contribution in [0.25, 0.3) is 11.6 Å². The molecule has 0 aliphatic rings. The number of rotatable bonds is 4. The summed E-state index contributed by atoms with van der Waals surface area (Å²) >= 11 is 6.54. The first-order valence-electron chi connectivity index (χ1n) is 8.33. The number of benzene rings is 1. The lowest BCUT2D eigenvalue weighted by Gasteiger charge is -2.03. The second-order valence-corrected chi connectivity index (χ2v) is 6.45. The van der Waals surface area contributed by atoms with Crippen LogP contribution in [-0.2, 0) is 0 Å². The van der Waals surface area contributed by atoms with Gasteiger partial charge in [-0.05, 0) is 39.0 Å². The van der Waals surface area contributed by atoms with Crippen LogP contribution < -0.4 is 0 Å². The summed E-state index contributed by atoms with van der Waals surface area (Å²) < 4.78 is 4.93. The van der Waals surface area contributed by atoms with Gasteiger partial charge >= 0.3 is 0 Å². The van der Waals surface area contributed by atoms with E-state index in [1.54, 1.807) is 20.3 Å². The van der Waals surface area contributed by atoms with Crippen molar-refractivity contribution in [3.63, 3.8) is 0 Å². The van der Waals surface area contributed by atoms with Crippen molar-refractivity contribution in [2.75, 3.05) is 0 Å². The van der Waals surface area contributed by atoms with Crippen molar-refractivity contribution < 1.29 is 0 Å². The maximum absolute atomic E-state index is 6.54. The van der Waals surface area contributed by atoms with Gasteiger partial charge in [0, 0.05) is 5.69 Å². The van der Waals surface area contributed by atoms with Crippen molar-refractivity contribution in [2.45, 2.75) is 20.8 Å². The first-order valence-corrected chi connectivity index (χ1v) is 8.71. The van der Waals surface area contributed by atoms with E-state index in [2.05, 4.69) is 25.5 Å². The third kappa shape index (κ3) is 3.15. The number of aryl methyl sites for hydroxylation is 3. The molecule has 0 spiro atoms. The van der Waals surface area contributed by atoms with Crippen LogP contribution in [0.2, 0.25) is 5.15 Å². The van der Waals surface area contributed by atoms with E-state index in [-0.39, 0.29) is 0 Å². The van der Waals surface area contributed by atoms with E-state index < -0.39 is 0 Å². The largest absolute Gasteiger partial charge is 0.273 e. The number of hydrogen-bond acceptors (Lipinski definition) is 5. The molecular weight excluding hydrogens is 364 g/mol. The Kier molecular flexibility index (Phi) is 4.33. The van der Waals surface area contributed by atoms with E-state index in [1.165, 1.54) is 6.33 Å². The number of nitrogens with zero attached hydrogens (tertiary/aromatic N) is 8. The van der Waals surface area contributed by atoms with Crippen LogP contribution in [0, 0.1) is 20.8 Å². The van der Waals surface area contributed by atoms with Crippen molar-refractivity contribution in [3.8, 4) is 11.6 Å². The molecule has 9 heteroatoms. The molecule has 0 atom stereocenters. The van der Waals surface area contributed by atoms with Crippen LogP contribution in [0.3, 0.4) is 0 Å². The van der Waals surface area contributed by atoms with E-state index in [1.807, 2.05) is 57.2 Å². The Morgan fingerprint density at radius 2 is 1.81 bits per heavy atom. The number of aromatic nitrogens is 7. The number of hydrogen-bond donors (Lipinski definition) is 0. The molecule has 0 saturated carbocycles. The van der Waals surface area contributed by atoms with E-state index in [4.69, 9.17) is 11.6 Å². The number of para-hydroxylation sites is 1. The molecule has 0 N–H and O–H groups in total. The third-order valence-electron chi connectivity index (χ3n) is 4.07. The van der Waals surface area contributed by atoms with Gasteiger partial charge in [0.15, 0.2) is 0 Å². The van der Waals surface area contributed by atoms with E-state index in [0.717, 1.165) is 28.3 Å². The fourth-order valence-electron chi connectivity index (χ4n) is 2.79. The van der Waals surface area contributed by atoms with Gasteiger partial charge in [-0.2, -0.15) is 20.0 Å². The average molecular weight is 381 g/mol. The molecule has 0 bridgehead atoms. The predicted octanol–water partition coefficient (Wildman–Crippen LogP) is 3.11. The molecule has 27 heavy (non-hydrogen) atoms. The highest BCUT2D eigenvalue weighted by Gasteiger charge is 2.14. The summed E-state index contributed by atoms with van der Waals surface area (Å²) in [6, 6.07) is 11.7. The lowest BCUT2D eigenvalue weighted by atomic mass is 10.3. The van der Waals surface area contributed by atoms with Gasteiger partial charge in [-0.1, -0.05) is 29.8 Å². The summed E-state index contributed by atoms with van der Waals surface area (Å²) in [5.74, 6) is 0.501. The smallest absolute Gasteiger partial charge is 0.221 e. The zero-order valence-corrected chi connectivity index (χ0v) is 15.8. The van der Waals surface area contributed by atoms with Crippen LogP contribution in [0.15, 0.2) is 47.8 Å². The van der Waals surface area contributed by atoms with Gasteiger partial charge in [-0.15, -0.1) is 10.2 Å². The normalized spacial score (nSPS) is 11.6. The van der Waals surface area contributed by atoms with Crippen molar-refractivity contribution in [1.82, 2.24) is 34.4 Å². The zero-order valence-electron chi connectivity index (χ0n) is 15.1. The van der Waals surface area contributed by atoms with Crippen LogP contribution in [0.5, 0.6) is 0 Å². The first kappa shape index (κ1) is 17.2. The number of halogens is 1. The molecule has 4 aromatic rings. The molecule has 4 rings (SSSR count). The minimum absolute atomic E-state index is 0.489. The summed E-state index contributed by atoms with van der Waals surface area (Å²) in [7, 11) is 0. The fourth-order valence-corrected chi connectivity index (χ4v) is 3.12. The molecule has 0 aliphatic heterocycles. The predicted molar refractivity (Wildman–Crippen MR) is 103 cm³/mol. The SMILES string of the molecule is Cc1cc(C)n(-c2nncn2/N=C\c2c(C)nn(-c3ccccc3)c2Cl)n1. The van der Waals surface area contributed by atoms with E-state index >= 15 is 0 Å². The lowest BCUT2D eigenvalue weighted by Crippen LogP contribution is -2.06. The van der Waals surface area contributed by atoms with Crippen molar-refractivity contribution in [3.05, 3.63) is 70.5 Å². The van der Waals surface area contributed by atoms with E-state index in [9.17, 15) is 0 Å². The Bertz CT molecular complexity index is 1120. The minimum atomic E-state index is 0.489. The monoisotopic (exact) mass is 380 g/mol. The van der Waals surface area contributed by atoms with E-state index in [0.29, 0.717) is 11.1 Å². The molecule has 3 aromatic heterocycles. The maximum atomic E-state index is 6.54. The second-order valence-electron chi connectivity index (χ2n) is 6.10. The first-order chi connectivity index (χ1) is 13.0. The quantitative estimate of drug-likeness (QED) is 0.509. The summed E-state index contributed by atoms with van der Waals surface area (Å²) in [4.78, 5) is 0. The Morgan fingerprint density at radius 1 is 1.04 bits per heavy atom. The molecular formula is C18H17ClN8. The molecule has 0 fully saturated rings. The summed E-state index contributed by atoms with van der Waals surface area (Å²) in [5.41, 5.74) is 4.23. The van der Waals surface area contributed by atoms with Gasteiger partial charge in [0.25, 0.3) is 5.95 Å². The molecule has 3 heterocycles. The third-order valence-corrected chi connectivity index (χ3v) is 4.44. The molecule has 0 aliphatic carbocycles. The lowest BCUT2D eigenvalue weighted by molar-refractivity contribution is 0.717. The van der Waals surface area contributed by atoms with Gasteiger partial charge in [0.05, 0.1) is 28.9 Å². The molecule has 1 aromatic carbocycles. The Balaban J connectivity index is 1.70. The van der Waals surface area contributed by atoms with Crippen LogP contribution >= 0.6 is 11.6 Å². The van der Waals surface area contributed by atoms with Gasteiger partial charge in [-0.3, -0.25) is 0 Å². The summed E-state index contributed by atoms with van der Waals surface area (Å²) in [5, 5.41) is 21.9.